The van der Waals surface area contributed by atoms with Gasteiger partial charge in [-0.1, -0.05) is 28.3 Å². The van der Waals surface area contributed by atoms with Crippen molar-refractivity contribution in [3.63, 3.8) is 0 Å². The molecule has 2 atom stereocenters. The van der Waals surface area contributed by atoms with E-state index in [4.69, 9.17) is 38.2 Å². The summed E-state index contributed by atoms with van der Waals surface area (Å²) in [6.07, 6.45) is 1.60. The molecule has 0 aliphatic carbocycles. The van der Waals surface area contributed by atoms with E-state index in [1.807, 2.05) is 6.92 Å². The van der Waals surface area contributed by atoms with Crippen LogP contribution in [-0.4, -0.2) is 42.0 Å². The van der Waals surface area contributed by atoms with Crippen LogP contribution in [-0.2, 0) is 14.3 Å². The molecule has 0 bridgehead atoms. The van der Waals surface area contributed by atoms with E-state index in [0.717, 1.165) is 5.56 Å². The fourth-order valence-electron chi connectivity index (χ4n) is 3.65. The number of halogens is 2. The predicted molar refractivity (Wildman–Crippen MR) is 107 cm³/mol. The van der Waals surface area contributed by atoms with Gasteiger partial charge in [0.15, 0.2) is 6.61 Å². The lowest BCUT2D eigenvalue weighted by Gasteiger charge is -2.28. The van der Waals surface area contributed by atoms with Gasteiger partial charge in [0.2, 0.25) is 0 Å². The zero-order valence-corrected chi connectivity index (χ0v) is 17.4. The van der Waals surface area contributed by atoms with Crippen molar-refractivity contribution in [1.82, 2.24) is 9.88 Å². The summed E-state index contributed by atoms with van der Waals surface area (Å²) in [5.41, 5.74) is 10.8. The van der Waals surface area contributed by atoms with Crippen molar-refractivity contribution in [3.8, 4) is 5.75 Å². The summed E-state index contributed by atoms with van der Waals surface area (Å²) in [4.78, 5) is 32.7. The third-order valence-electron chi connectivity index (χ3n) is 4.84. The molecule has 0 N–H and O–H groups in total. The van der Waals surface area contributed by atoms with Crippen molar-refractivity contribution in [2.45, 2.75) is 25.9 Å². The minimum absolute atomic E-state index is 0.00525. The summed E-state index contributed by atoms with van der Waals surface area (Å²) in [7, 11) is 1.47. The Bertz CT molecular complexity index is 1050. The molecule has 0 unspecified atom stereocenters. The molecule has 0 fully saturated rings. The average Bonchev–Trinajstić information content (AvgIpc) is 2.99. The smallest absolute Gasteiger partial charge is 0.303 e. The van der Waals surface area contributed by atoms with Crippen molar-refractivity contribution in [1.29, 1.82) is 0 Å². The molecular formula is C18H17Cl2N5O4. The second kappa shape index (κ2) is 8.32. The van der Waals surface area contributed by atoms with Crippen LogP contribution in [0, 0.1) is 0 Å². The maximum atomic E-state index is 12.8. The van der Waals surface area contributed by atoms with Gasteiger partial charge in [-0.3, -0.25) is 14.6 Å². The van der Waals surface area contributed by atoms with E-state index in [9.17, 15) is 9.59 Å². The molecule has 0 saturated heterocycles. The quantitative estimate of drug-likeness (QED) is 0.297. The number of ether oxygens (including phenoxy) is 2. The third-order valence-corrected chi connectivity index (χ3v) is 5.68. The van der Waals surface area contributed by atoms with E-state index in [2.05, 4.69) is 15.0 Å². The van der Waals surface area contributed by atoms with E-state index < -0.39 is 30.6 Å². The Morgan fingerprint density at radius 3 is 2.72 bits per heavy atom. The number of azide groups is 1. The van der Waals surface area contributed by atoms with Crippen molar-refractivity contribution < 1.29 is 19.1 Å². The molecule has 11 heteroatoms. The van der Waals surface area contributed by atoms with Gasteiger partial charge in [0.25, 0.3) is 5.91 Å². The van der Waals surface area contributed by atoms with Crippen LogP contribution in [0.1, 0.15) is 37.1 Å². The number of fused-ring (bicyclic) bond motifs is 3. The molecule has 3 rings (SSSR count). The number of aromatic nitrogens is 1. The molecule has 9 nitrogen and oxygen atoms in total. The maximum absolute atomic E-state index is 12.8. The molecule has 1 aliphatic heterocycles. The Kier molecular flexibility index (Phi) is 6.02. The molecular weight excluding hydrogens is 421 g/mol. The van der Waals surface area contributed by atoms with Crippen LogP contribution in [0.2, 0.25) is 10.0 Å². The summed E-state index contributed by atoms with van der Waals surface area (Å²) >= 11 is 12.6. The van der Waals surface area contributed by atoms with Crippen LogP contribution in [0.5, 0.6) is 5.75 Å². The van der Waals surface area contributed by atoms with E-state index >= 15 is 0 Å². The fourth-order valence-corrected chi connectivity index (χ4v) is 4.12. The summed E-state index contributed by atoms with van der Waals surface area (Å²) in [6, 6.07) is 0.743. The molecule has 0 spiro atoms. The molecule has 1 aliphatic rings. The molecule has 2 aromatic rings. The molecule has 1 amide bonds. The maximum Gasteiger partial charge on any atom is 0.303 e. The zero-order valence-electron chi connectivity index (χ0n) is 15.8. The highest BCUT2D eigenvalue weighted by Gasteiger charge is 2.40. The highest BCUT2D eigenvalue weighted by atomic mass is 35.5. The van der Waals surface area contributed by atoms with E-state index in [0.29, 0.717) is 22.2 Å². The van der Waals surface area contributed by atoms with Gasteiger partial charge in [-0.2, -0.15) is 0 Å². The lowest BCUT2D eigenvalue weighted by atomic mass is 9.99. The van der Waals surface area contributed by atoms with Gasteiger partial charge in [-0.05, 0) is 29.6 Å². The second-order valence-electron chi connectivity index (χ2n) is 6.42. The normalized spacial score (nSPS) is 17.6. The van der Waals surface area contributed by atoms with Gasteiger partial charge in [0, 0.05) is 23.4 Å². The molecule has 1 aromatic heterocycles. The van der Waals surface area contributed by atoms with E-state index in [1.54, 1.807) is 12.3 Å². The van der Waals surface area contributed by atoms with Crippen molar-refractivity contribution in [3.05, 3.63) is 43.9 Å². The molecule has 0 radical (unpaired) electrons. The van der Waals surface area contributed by atoms with Crippen LogP contribution in [0.4, 0.5) is 0 Å². The number of carbonyl (C=O) groups is 2. The number of methoxy groups -OCH3 is 1. The standard InChI is InChI=1S/C18H17Cl2N5O4/c1-8-15-10-4-13(28-3)16(19)17(20)18(10)22-5-11(15)12(6-23-24-21)25(8)14(27)7-29-9(2)26/h4-5,8,12H,6-7H2,1-3H3/t8-,12+/m0/s1. The number of rotatable bonds is 5. The largest absolute Gasteiger partial charge is 0.495 e. The number of amides is 1. The first-order chi connectivity index (χ1) is 13.8. The fraction of sp³-hybridized carbons (Fsp3) is 0.389. The van der Waals surface area contributed by atoms with Crippen molar-refractivity contribution in [2.24, 2.45) is 5.11 Å². The number of pyridine rings is 1. The number of nitrogens with zero attached hydrogens (tertiary/aromatic N) is 5. The SMILES string of the molecule is COc1cc2c3c(cnc2c(Cl)c1Cl)[C@@H](CN=[N+]=[N-])N(C(=O)COC(C)=O)[C@H]3C. The van der Waals surface area contributed by atoms with Gasteiger partial charge in [-0.15, -0.1) is 0 Å². The first kappa shape index (κ1) is 21.0. The van der Waals surface area contributed by atoms with Crippen molar-refractivity contribution >= 4 is 46.0 Å². The molecule has 2 heterocycles. The zero-order chi connectivity index (χ0) is 21.3. The Hall–Kier alpha value is -2.74. The number of esters is 1. The Balaban J connectivity index is 2.18. The lowest BCUT2D eigenvalue weighted by molar-refractivity contribution is -0.152. The van der Waals surface area contributed by atoms with Gasteiger partial charge in [-0.25, -0.2) is 0 Å². The minimum Gasteiger partial charge on any atom is -0.495 e. The topological polar surface area (TPSA) is 117 Å². The van der Waals surface area contributed by atoms with Gasteiger partial charge in [0.1, 0.15) is 10.8 Å². The van der Waals surface area contributed by atoms with Crippen LogP contribution in [0.3, 0.4) is 0 Å². The summed E-state index contributed by atoms with van der Waals surface area (Å²) in [5, 5.41) is 4.80. The van der Waals surface area contributed by atoms with E-state index in [-0.39, 0.29) is 16.6 Å². The number of benzene rings is 1. The van der Waals surface area contributed by atoms with E-state index in [1.165, 1.54) is 18.9 Å². The average molecular weight is 438 g/mol. The van der Waals surface area contributed by atoms with Gasteiger partial charge >= 0.3 is 5.97 Å². The Morgan fingerprint density at radius 1 is 1.38 bits per heavy atom. The number of hydrogen-bond acceptors (Lipinski definition) is 6. The number of hydrogen-bond donors (Lipinski definition) is 0. The molecule has 0 saturated carbocycles. The predicted octanol–water partition coefficient (Wildman–Crippen LogP) is 4.37. The number of carbonyl (C=O) groups excluding carboxylic acids is 2. The summed E-state index contributed by atoms with van der Waals surface area (Å²) in [5.74, 6) is -0.599. The lowest BCUT2D eigenvalue weighted by Crippen LogP contribution is -2.36. The first-order valence-electron chi connectivity index (χ1n) is 8.61. The third kappa shape index (κ3) is 3.64. The molecule has 152 valence electrons. The second-order valence-corrected chi connectivity index (χ2v) is 7.17. The highest BCUT2D eigenvalue weighted by molar-refractivity contribution is 6.46. The highest BCUT2D eigenvalue weighted by Crippen LogP contribution is 2.48. The minimum atomic E-state index is -0.562. The van der Waals surface area contributed by atoms with Crippen LogP contribution < -0.4 is 4.74 Å². The van der Waals surface area contributed by atoms with Crippen LogP contribution in [0.15, 0.2) is 17.4 Å². The van der Waals surface area contributed by atoms with Crippen molar-refractivity contribution in [2.75, 3.05) is 20.3 Å². The first-order valence-corrected chi connectivity index (χ1v) is 9.37. The van der Waals surface area contributed by atoms with Crippen LogP contribution in [0.25, 0.3) is 21.3 Å². The van der Waals surface area contributed by atoms with Gasteiger partial charge in [0.05, 0.1) is 36.3 Å². The monoisotopic (exact) mass is 437 g/mol. The summed E-state index contributed by atoms with van der Waals surface area (Å²) < 4.78 is 10.2. The molecule has 29 heavy (non-hydrogen) atoms. The molecule has 1 aromatic carbocycles. The summed E-state index contributed by atoms with van der Waals surface area (Å²) in [6.45, 7) is 2.64. The van der Waals surface area contributed by atoms with Gasteiger partial charge < -0.3 is 14.4 Å². The Morgan fingerprint density at radius 2 is 2.10 bits per heavy atom. The van der Waals surface area contributed by atoms with Crippen LogP contribution >= 0.6 is 23.2 Å². The Labute approximate surface area is 176 Å².